The zero-order valence-electron chi connectivity index (χ0n) is 18.8. The minimum absolute atomic E-state index is 0.0353. The van der Waals surface area contributed by atoms with Gasteiger partial charge in [-0.05, 0) is 56.9 Å². The molecule has 2 aliphatic heterocycles. The molecule has 2 aromatic rings. The third-order valence-electron chi connectivity index (χ3n) is 6.36. The molecule has 4 rings (SSSR count). The average molecular weight is 424 g/mol. The highest BCUT2D eigenvalue weighted by atomic mass is 16.5. The third kappa shape index (κ3) is 5.05. The molecule has 1 atom stereocenters. The monoisotopic (exact) mass is 423 g/mol. The summed E-state index contributed by atoms with van der Waals surface area (Å²) in [5, 5.41) is 3.05. The predicted octanol–water partition coefficient (Wildman–Crippen LogP) is 3.19. The van der Waals surface area contributed by atoms with Crippen LogP contribution in [0.25, 0.3) is 0 Å². The van der Waals surface area contributed by atoms with Crippen LogP contribution in [0.1, 0.15) is 6.42 Å². The first kappa shape index (κ1) is 21.3. The normalized spacial score (nSPS) is 19.1. The molecule has 0 aliphatic carbocycles. The van der Waals surface area contributed by atoms with Crippen LogP contribution in [0.15, 0.2) is 48.5 Å². The van der Waals surface area contributed by atoms with Gasteiger partial charge >= 0.3 is 6.03 Å². The fraction of sp³-hybridized carbons (Fsp3) is 0.458. The Morgan fingerprint density at radius 3 is 2.35 bits per heavy atom. The topological polar surface area (TPSA) is 51.3 Å². The maximum atomic E-state index is 12.7. The molecule has 7 heteroatoms. The maximum Gasteiger partial charge on any atom is 0.321 e. The molecule has 166 valence electrons. The van der Waals surface area contributed by atoms with Crippen LogP contribution in [-0.4, -0.2) is 82.3 Å². The van der Waals surface area contributed by atoms with Crippen LogP contribution in [0.3, 0.4) is 0 Å². The fourth-order valence-electron chi connectivity index (χ4n) is 4.33. The first-order chi connectivity index (χ1) is 15.0. The van der Waals surface area contributed by atoms with Crippen molar-refractivity contribution in [2.75, 3.05) is 75.6 Å². The first-order valence-corrected chi connectivity index (χ1v) is 11.0. The lowest BCUT2D eigenvalue weighted by Crippen LogP contribution is -2.50. The quantitative estimate of drug-likeness (QED) is 0.801. The van der Waals surface area contributed by atoms with E-state index in [1.807, 2.05) is 35.2 Å². The number of carbonyl (C=O) groups excluding carboxylic acids is 1. The summed E-state index contributed by atoms with van der Waals surface area (Å²) < 4.78 is 5.32. The Bertz CT molecular complexity index is 878. The van der Waals surface area contributed by atoms with Crippen molar-refractivity contribution in [2.24, 2.45) is 0 Å². The Morgan fingerprint density at radius 2 is 1.71 bits per heavy atom. The van der Waals surface area contributed by atoms with Crippen molar-refractivity contribution >= 4 is 23.1 Å². The second-order valence-electron chi connectivity index (χ2n) is 8.50. The van der Waals surface area contributed by atoms with Gasteiger partial charge in [0.1, 0.15) is 5.75 Å². The molecular formula is C24H33N5O2. The largest absolute Gasteiger partial charge is 0.497 e. The van der Waals surface area contributed by atoms with E-state index < -0.39 is 0 Å². The van der Waals surface area contributed by atoms with E-state index in [0.717, 1.165) is 43.3 Å². The molecule has 0 aromatic heterocycles. The van der Waals surface area contributed by atoms with Gasteiger partial charge in [-0.25, -0.2) is 4.79 Å². The van der Waals surface area contributed by atoms with E-state index >= 15 is 0 Å². The number of likely N-dealkylation sites (N-methyl/N-ethyl adjacent to an activating group) is 1. The van der Waals surface area contributed by atoms with E-state index in [4.69, 9.17) is 4.74 Å². The summed E-state index contributed by atoms with van der Waals surface area (Å²) in [6.07, 6.45) is 1.19. The number of amides is 2. The van der Waals surface area contributed by atoms with Crippen molar-refractivity contribution in [2.45, 2.75) is 12.5 Å². The molecular weight excluding hydrogens is 390 g/mol. The number of benzene rings is 2. The van der Waals surface area contributed by atoms with Gasteiger partial charge in [-0.1, -0.05) is 6.07 Å². The summed E-state index contributed by atoms with van der Waals surface area (Å²) in [5.74, 6) is 0.854. The Kier molecular flexibility index (Phi) is 6.51. The number of anilines is 3. The second kappa shape index (κ2) is 9.47. The number of urea groups is 1. The standard InChI is InChI=1S/C24H33N5O2/c1-26(2)22-11-12-29(18-22)20-9-7-19(8-10-20)25-24(30)28-15-13-27(14-16-28)21-5-4-6-23(17-21)31-3/h4-10,17,22H,11-16,18H2,1-3H3,(H,25,30). The van der Waals surface area contributed by atoms with Crippen molar-refractivity contribution in [3.05, 3.63) is 48.5 Å². The van der Waals surface area contributed by atoms with Gasteiger partial charge in [0, 0.05) is 68.4 Å². The molecule has 2 saturated heterocycles. The van der Waals surface area contributed by atoms with Gasteiger partial charge in [0.15, 0.2) is 0 Å². The molecule has 2 fully saturated rings. The predicted molar refractivity (Wildman–Crippen MR) is 127 cm³/mol. The summed E-state index contributed by atoms with van der Waals surface area (Å²) in [6, 6.07) is 16.9. The summed E-state index contributed by atoms with van der Waals surface area (Å²) >= 11 is 0. The zero-order chi connectivity index (χ0) is 21.8. The van der Waals surface area contributed by atoms with Crippen LogP contribution >= 0.6 is 0 Å². The fourth-order valence-corrected chi connectivity index (χ4v) is 4.33. The smallest absolute Gasteiger partial charge is 0.321 e. The molecule has 2 heterocycles. The number of carbonyl (C=O) groups is 1. The number of rotatable bonds is 5. The van der Waals surface area contributed by atoms with E-state index in [1.165, 1.54) is 12.1 Å². The van der Waals surface area contributed by atoms with Crippen LogP contribution in [0.5, 0.6) is 5.75 Å². The van der Waals surface area contributed by atoms with Gasteiger partial charge < -0.3 is 29.7 Å². The summed E-state index contributed by atoms with van der Waals surface area (Å²) in [4.78, 5) is 21.6. The number of methoxy groups -OCH3 is 1. The molecule has 0 saturated carbocycles. The number of ether oxygens (including phenoxy) is 1. The van der Waals surface area contributed by atoms with Crippen LogP contribution in [-0.2, 0) is 0 Å². The molecule has 2 amide bonds. The highest BCUT2D eigenvalue weighted by Crippen LogP contribution is 2.25. The molecule has 0 radical (unpaired) electrons. The molecule has 2 aromatic carbocycles. The molecule has 2 aliphatic rings. The molecule has 1 N–H and O–H groups in total. The van der Waals surface area contributed by atoms with E-state index in [1.54, 1.807) is 7.11 Å². The molecule has 31 heavy (non-hydrogen) atoms. The number of hydrogen-bond donors (Lipinski definition) is 1. The lowest BCUT2D eigenvalue weighted by Gasteiger charge is -2.36. The minimum Gasteiger partial charge on any atom is -0.497 e. The Hall–Kier alpha value is -2.93. The lowest BCUT2D eigenvalue weighted by atomic mass is 10.2. The van der Waals surface area contributed by atoms with Gasteiger partial charge in [0.25, 0.3) is 0 Å². The highest BCUT2D eigenvalue weighted by molar-refractivity contribution is 5.89. The minimum atomic E-state index is -0.0353. The van der Waals surface area contributed by atoms with Crippen molar-refractivity contribution in [3.8, 4) is 5.75 Å². The SMILES string of the molecule is COc1cccc(N2CCN(C(=O)Nc3ccc(N4CCC(N(C)C)C4)cc3)CC2)c1. The van der Waals surface area contributed by atoms with Crippen LogP contribution in [0.4, 0.5) is 21.9 Å². The van der Waals surface area contributed by atoms with E-state index in [-0.39, 0.29) is 6.03 Å². The van der Waals surface area contributed by atoms with E-state index in [0.29, 0.717) is 19.1 Å². The number of nitrogens with one attached hydrogen (secondary N) is 1. The number of hydrogen-bond acceptors (Lipinski definition) is 5. The van der Waals surface area contributed by atoms with Gasteiger partial charge in [-0.3, -0.25) is 0 Å². The van der Waals surface area contributed by atoms with Gasteiger partial charge in [-0.15, -0.1) is 0 Å². The van der Waals surface area contributed by atoms with Gasteiger partial charge in [0.05, 0.1) is 7.11 Å². The number of piperazine rings is 1. The van der Waals surface area contributed by atoms with Crippen molar-refractivity contribution in [1.82, 2.24) is 9.80 Å². The molecule has 1 unspecified atom stereocenters. The lowest BCUT2D eigenvalue weighted by molar-refractivity contribution is 0.208. The number of nitrogens with zero attached hydrogens (tertiary/aromatic N) is 4. The average Bonchev–Trinajstić information content (AvgIpc) is 3.30. The van der Waals surface area contributed by atoms with Crippen LogP contribution < -0.4 is 19.9 Å². The summed E-state index contributed by atoms with van der Waals surface area (Å²) in [7, 11) is 5.96. The summed E-state index contributed by atoms with van der Waals surface area (Å²) in [6.45, 7) is 5.13. The Labute approximate surface area is 185 Å². The zero-order valence-corrected chi connectivity index (χ0v) is 18.8. The van der Waals surface area contributed by atoms with E-state index in [9.17, 15) is 4.79 Å². The third-order valence-corrected chi connectivity index (χ3v) is 6.36. The molecule has 0 bridgehead atoms. The van der Waals surface area contributed by atoms with Crippen molar-refractivity contribution in [3.63, 3.8) is 0 Å². The first-order valence-electron chi connectivity index (χ1n) is 11.0. The van der Waals surface area contributed by atoms with Gasteiger partial charge in [-0.2, -0.15) is 0 Å². The molecule has 7 nitrogen and oxygen atoms in total. The molecule has 0 spiro atoms. The second-order valence-corrected chi connectivity index (χ2v) is 8.50. The van der Waals surface area contributed by atoms with Crippen LogP contribution in [0, 0.1) is 0 Å². The van der Waals surface area contributed by atoms with Crippen molar-refractivity contribution < 1.29 is 9.53 Å². The Balaban J connectivity index is 1.28. The highest BCUT2D eigenvalue weighted by Gasteiger charge is 2.24. The van der Waals surface area contributed by atoms with Crippen LogP contribution in [0.2, 0.25) is 0 Å². The van der Waals surface area contributed by atoms with Gasteiger partial charge in [0.2, 0.25) is 0 Å². The summed E-state index contributed by atoms with van der Waals surface area (Å²) in [5.41, 5.74) is 3.19. The van der Waals surface area contributed by atoms with E-state index in [2.05, 4.69) is 52.3 Å². The van der Waals surface area contributed by atoms with Crippen molar-refractivity contribution in [1.29, 1.82) is 0 Å². The maximum absolute atomic E-state index is 12.7. The Morgan fingerprint density at radius 1 is 0.968 bits per heavy atom.